The van der Waals surface area contributed by atoms with Crippen LogP contribution in [0.15, 0.2) is 0 Å². The van der Waals surface area contributed by atoms with Gasteiger partial charge in [-0.25, -0.2) is 0 Å². The van der Waals surface area contributed by atoms with Gasteiger partial charge in [0.1, 0.15) is 0 Å². The molecule has 0 unspecified atom stereocenters. The molecule has 0 aliphatic heterocycles. The van der Waals surface area contributed by atoms with Crippen LogP contribution in [0.25, 0.3) is 0 Å². The summed E-state index contributed by atoms with van der Waals surface area (Å²) in [6, 6.07) is 0.552. The summed E-state index contributed by atoms with van der Waals surface area (Å²) in [5.41, 5.74) is 0. The molecule has 3 N–H and O–H groups in total. The van der Waals surface area contributed by atoms with E-state index in [0.717, 1.165) is 19.4 Å². The summed E-state index contributed by atoms with van der Waals surface area (Å²) in [4.78, 5) is 11.5. The molecular weight excluding hydrogens is 204 g/mol. The van der Waals surface area contributed by atoms with E-state index in [2.05, 4.69) is 10.6 Å². The smallest absolute Gasteiger partial charge is 0.233 e. The predicted octanol–water partition coefficient (Wildman–Crippen LogP) is 0.406. The second-order valence-electron chi connectivity index (χ2n) is 5.16. The number of amides is 1. The largest absolute Gasteiger partial charge is 0.393 e. The summed E-state index contributed by atoms with van der Waals surface area (Å²) >= 11 is 0. The van der Waals surface area contributed by atoms with Gasteiger partial charge in [-0.05, 0) is 31.6 Å². The summed E-state index contributed by atoms with van der Waals surface area (Å²) in [6.45, 7) is 1.17. The number of aliphatic hydroxyl groups is 1. The molecule has 16 heavy (non-hydrogen) atoms. The lowest BCUT2D eigenvalue weighted by molar-refractivity contribution is -0.121. The molecule has 0 aromatic heterocycles. The first-order valence-electron chi connectivity index (χ1n) is 6.42. The van der Waals surface area contributed by atoms with Crippen molar-refractivity contribution in [2.45, 2.75) is 50.7 Å². The predicted molar refractivity (Wildman–Crippen MR) is 62.0 cm³/mol. The van der Waals surface area contributed by atoms with Crippen LogP contribution in [-0.4, -0.2) is 36.2 Å². The first-order chi connectivity index (χ1) is 7.74. The van der Waals surface area contributed by atoms with Gasteiger partial charge in [-0.2, -0.15) is 0 Å². The van der Waals surface area contributed by atoms with E-state index in [1.165, 1.54) is 25.7 Å². The first-order valence-corrected chi connectivity index (χ1v) is 6.42. The molecule has 0 atom stereocenters. The lowest BCUT2D eigenvalue weighted by atomic mass is 9.82. The third-order valence-electron chi connectivity index (χ3n) is 3.71. The molecule has 0 radical (unpaired) electrons. The molecule has 0 heterocycles. The number of carbonyl (C=O) groups excluding carboxylic acids is 1. The minimum atomic E-state index is -0.126. The van der Waals surface area contributed by atoms with Gasteiger partial charge in [0.25, 0.3) is 0 Å². The van der Waals surface area contributed by atoms with Crippen molar-refractivity contribution in [3.8, 4) is 0 Å². The van der Waals surface area contributed by atoms with E-state index in [-0.39, 0.29) is 12.0 Å². The maximum Gasteiger partial charge on any atom is 0.233 e. The van der Waals surface area contributed by atoms with Crippen molar-refractivity contribution < 1.29 is 9.90 Å². The Bertz CT molecular complexity index is 233. The Morgan fingerprint density at radius 1 is 1.25 bits per heavy atom. The molecule has 1 amide bonds. The molecular formula is C12H22N2O2. The average molecular weight is 226 g/mol. The first kappa shape index (κ1) is 11.9. The van der Waals surface area contributed by atoms with Crippen LogP contribution in [0.2, 0.25) is 0 Å². The van der Waals surface area contributed by atoms with Crippen LogP contribution in [0.5, 0.6) is 0 Å². The highest BCUT2D eigenvalue weighted by molar-refractivity contribution is 5.78. The molecule has 2 aliphatic rings. The maximum atomic E-state index is 11.5. The van der Waals surface area contributed by atoms with Crippen molar-refractivity contribution in [3.63, 3.8) is 0 Å². The van der Waals surface area contributed by atoms with Crippen LogP contribution < -0.4 is 10.6 Å². The highest BCUT2D eigenvalue weighted by Crippen LogP contribution is 2.25. The number of carbonyl (C=O) groups is 1. The van der Waals surface area contributed by atoms with Crippen LogP contribution in [0.4, 0.5) is 0 Å². The van der Waals surface area contributed by atoms with Crippen molar-refractivity contribution in [2.75, 3.05) is 13.1 Å². The summed E-state index contributed by atoms with van der Waals surface area (Å²) in [6.07, 6.45) is 6.56. The lowest BCUT2D eigenvalue weighted by Crippen LogP contribution is -2.42. The zero-order valence-corrected chi connectivity index (χ0v) is 9.74. The highest BCUT2D eigenvalue weighted by atomic mass is 16.3. The van der Waals surface area contributed by atoms with Gasteiger partial charge in [0.15, 0.2) is 0 Å². The quantitative estimate of drug-likeness (QED) is 0.636. The van der Waals surface area contributed by atoms with Gasteiger partial charge in [-0.1, -0.05) is 12.8 Å². The molecule has 4 nitrogen and oxygen atoms in total. The Morgan fingerprint density at radius 3 is 2.56 bits per heavy atom. The van der Waals surface area contributed by atoms with Gasteiger partial charge in [0, 0.05) is 12.6 Å². The fourth-order valence-electron chi connectivity index (χ4n) is 2.55. The third kappa shape index (κ3) is 3.46. The summed E-state index contributed by atoms with van der Waals surface area (Å²) in [5.74, 6) is 0.582. The van der Waals surface area contributed by atoms with E-state index in [4.69, 9.17) is 5.11 Å². The summed E-state index contributed by atoms with van der Waals surface area (Å²) < 4.78 is 0. The van der Waals surface area contributed by atoms with Gasteiger partial charge >= 0.3 is 0 Å². The molecule has 2 saturated carbocycles. The standard InChI is InChI=1S/C12H22N2O2/c15-11-5-9(6-11)7-14-12(16)8-13-10-3-1-2-4-10/h9-11,13,15H,1-8H2,(H,14,16). The Balaban J connectivity index is 1.50. The summed E-state index contributed by atoms with van der Waals surface area (Å²) in [5, 5.41) is 15.3. The van der Waals surface area contributed by atoms with Crippen LogP contribution in [-0.2, 0) is 4.79 Å². The van der Waals surface area contributed by atoms with Gasteiger partial charge in [-0.3, -0.25) is 4.79 Å². The van der Waals surface area contributed by atoms with Crippen LogP contribution in [0, 0.1) is 5.92 Å². The molecule has 2 aliphatic carbocycles. The molecule has 4 heteroatoms. The van der Waals surface area contributed by atoms with Crippen LogP contribution in [0.3, 0.4) is 0 Å². The number of hydrogen-bond acceptors (Lipinski definition) is 3. The lowest BCUT2D eigenvalue weighted by Gasteiger charge is -2.31. The topological polar surface area (TPSA) is 61.4 Å². The van der Waals surface area contributed by atoms with E-state index in [1.807, 2.05) is 0 Å². The van der Waals surface area contributed by atoms with Crippen LogP contribution >= 0.6 is 0 Å². The molecule has 0 spiro atoms. The molecule has 0 aromatic rings. The van der Waals surface area contributed by atoms with Crippen molar-refractivity contribution >= 4 is 5.91 Å². The molecule has 92 valence electrons. The minimum Gasteiger partial charge on any atom is -0.393 e. The Labute approximate surface area is 96.8 Å². The van der Waals surface area contributed by atoms with E-state index in [1.54, 1.807) is 0 Å². The minimum absolute atomic E-state index is 0.0910. The SMILES string of the molecule is O=C(CNC1CCCC1)NCC1CC(O)C1. The molecule has 2 rings (SSSR count). The molecule has 0 saturated heterocycles. The highest BCUT2D eigenvalue weighted by Gasteiger charge is 2.27. The van der Waals surface area contributed by atoms with E-state index in [9.17, 15) is 4.79 Å². The average Bonchev–Trinajstić information content (AvgIpc) is 2.72. The zero-order chi connectivity index (χ0) is 11.4. The summed E-state index contributed by atoms with van der Waals surface area (Å²) in [7, 11) is 0. The normalized spacial score (nSPS) is 30.1. The van der Waals surface area contributed by atoms with Gasteiger partial charge in [0.2, 0.25) is 5.91 Å². The van der Waals surface area contributed by atoms with E-state index < -0.39 is 0 Å². The van der Waals surface area contributed by atoms with Gasteiger partial charge in [-0.15, -0.1) is 0 Å². The van der Waals surface area contributed by atoms with Gasteiger partial charge < -0.3 is 15.7 Å². The second kappa shape index (κ2) is 5.64. The number of hydrogen-bond donors (Lipinski definition) is 3. The third-order valence-corrected chi connectivity index (χ3v) is 3.71. The maximum absolute atomic E-state index is 11.5. The van der Waals surface area contributed by atoms with Crippen molar-refractivity contribution in [1.82, 2.24) is 10.6 Å². The van der Waals surface area contributed by atoms with Crippen LogP contribution in [0.1, 0.15) is 38.5 Å². The zero-order valence-electron chi connectivity index (χ0n) is 9.74. The Morgan fingerprint density at radius 2 is 1.94 bits per heavy atom. The number of aliphatic hydroxyl groups excluding tert-OH is 1. The molecule has 0 bridgehead atoms. The fraction of sp³-hybridized carbons (Fsp3) is 0.917. The van der Waals surface area contributed by atoms with E-state index >= 15 is 0 Å². The molecule has 0 aromatic carbocycles. The van der Waals surface area contributed by atoms with E-state index in [0.29, 0.717) is 18.5 Å². The van der Waals surface area contributed by atoms with Crippen molar-refractivity contribution in [1.29, 1.82) is 0 Å². The monoisotopic (exact) mass is 226 g/mol. The van der Waals surface area contributed by atoms with Crippen molar-refractivity contribution in [2.24, 2.45) is 5.92 Å². The Kier molecular flexibility index (Phi) is 4.18. The number of rotatable bonds is 5. The van der Waals surface area contributed by atoms with Crippen molar-refractivity contribution in [3.05, 3.63) is 0 Å². The van der Waals surface area contributed by atoms with Gasteiger partial charge in [0.05, 0.1) is 12.6 Å². The number of nitrogens with one attached hydrogen (secondary N) is 2. The molecule has 2 fully saturated rings. The fourth-order valence-corrected chi connectivity index (χ4v) is 2.55. The second-order valence-corrected chi connectivity index (χ2v) is 5.16. The Hall–Kier alpha value is -0.610.